The van der Waals surface area contributed by atoms with Gasteiger partial charge in [-0.25, -0.2) is 13.9 Å². The van der Waals surface area contributed by atoms with E-state index >= 15 is 0 Å². The van der Waals surface area contributed by atoms with Gasteiger partial charge in [-0.3, -0.25) is 4.98 Å². The molecule has 8 heteroatoms. The molecule has 3 heterocycles. The standard InChI is InChI=1S/C22H19FN4O2S/c1-15-5-2-6-17(24-15)7-3-13-29-22(28)20-25-21(19-8-4-14-30-19)27(26-20)18-11-9-16(23)10-12-18/h2,4-6,8-12,14H,3,7,13H2,1H3. The van der Waals surface area contributed by atoms with Gasteiger partial charge in [0.25, 0.3) is 5.82 Å². The van der Waals surface area contributed by atoms with Gasteiger partial charge in [-0.2, -0.15) is 4.98 Å². The van der Waals surface area contributed by atoms with Gasteiger partial charge in [-0.15, -0.1) is 16.4 Å². The number of pyridine rings is 1. The van der Waals surface area contributed by atoms with Crippen molar-refractivity contribution in [3.8, 4) is 16.4 Å². The largest absolute Gasteiger partial charge is 0.460 e. The number of hydrogen-bond acceptors (Lipinski definition) is 6. The summed E-state index contributed by atoms with van der Waals surface area (Å²) < 4.78 is 20.2. The molecule has 0 unspecified atom stereocenters. The van der Waals surface area contributed by atoms with Gasteiger partial charge >= 0.3 is 5.97 Å². The molecule has 0 radical (unpaired) electrons. The third-order valence-electron chi connectivity index (χ3n) is 4.36. The Hall–Kier alpha value is -3.39. The van der Waals surface area contributed by atoms with E-state index in [1.807, 2.05) is 42.6 Å². The second-order valence-corrected chi connectivity index (χ2v) is 7.58. The van der Waals surface area contributed by atoms with Crippen LogP contribution >= 0.6 is 11.3 Å². The maximum atomic E-state index is 13.3. The number of ether oxygens (including phenoxy) is 1. The van der Waals surface area contributed by atoms with Crippen LogP contribution in [0.15, 0.2) is 60.0 Å². The van der Waals surface area contributed by atoms with Crippen molar-refractivity contribution in [2.45, 2.75) is 19.8 Å². The van der Waals surface area contributed by atoms with Crippen LogP contribution in [0.5, 0.6) is 0 Å². The van der Waals surface area contributed by atoms with E-state index in [1.165, 1.54) is 28.2 Å². The molecule has 0 fully saturated rings. The minimum Gasteiger partial charge on any atom is -0.460 e. The highest BCUT2D eigenvalue weighted by Crippen LogP contribution is 2.25. The number of aryl methyl sites for hydroxylation is 2. The van der Waals surface area contributed by atoms with Gasteiger partial charge in [0, 0.05) is 11.4 Å². The number of thiophene rings is 1. The monoisotopic (exact) mass is 422 g/mol. The molecule has 0 saturated carbocycles. The maximum absolute atomic E-state index is 13.3. The zero-order valence-corrected chi connectivity index (χ0v) is 17.1. The van der Waals surface area contributed by atoms with E-state index in [1.54, 1.807) is 12.1 Å². The first-order valence-corrected chi connectivity index (χ1v) is 10.3. The number of carbonyl (C=O) groups is 1. The van der Waals surface area contributed by atoms with Crippen LogP contribution in [0.3, 0.4) is 0 Å². The van der Waals surface area contributed by atoms with E-state index in [4.69, 9.17) is 4.74 Å². The molecule has 0 aliphatic carbocycles. The minimum atomic E-state index is -0.592. The summed E-state index contributed by atoms with van der Waals surface area (Å²) in [5.74, 6) is -0.464. The molecule has 30 heavy (non-hydrogen) atoms. The highest BCUT2D eigenvalue weighted by molar-refractivity contribution is 7.13. The number of hydrogen-bond donors (Lipinski definition) is 0. The quantitative estimate of drug-likeness (QED) is 0.321. The first-order valence-electron chi connectivity index (χ1n) is 9.47. The van der Waals surface area contributed by atoms with Crippen LogP contribution in [0.2, 0.25) is 0 Å². The van der Waals surface area contributed by atoms with E-state index < -0.39 is 5.97 Å². The first-order chi connectivity index (χ1) is 14.6. The summed E-state index contributed by atoms with van der Waals surface area (Å²) in [6.07, 6.45) is 1.37. The summed E-state index contributed by atoms with van der Waals surface area (Å²) in [4.78, 5) is 22.2. The number of halogens is 1. The van der Waals surface area contributed by atoms with Crippen LogP contribution in [0.4, 0.5) is 4.39 Å². The van der Waals surface area contributed by atoms with Gasteiger partial charge in [0.2, 0.25) is 0 Å². The zero-order chi connectivity index (χ0) is 20.9. The van der Waals surface area contributed by atoms with Crippen molar-refractivity contribution in [1.29, 1.82) is 0 Å². The molecule has 3 aromatic heterocycles. The number of esters is 1. The number of aromatic nitrogens is 4. The Morgan fingerprint density at radius 1 is 1.10 bits per heavy atom. The minimum absolute atomic E-state index is 0.0311. The van der Waals surface area contributed by atoms with Crippen LogP contribution in [0, 0.1) is 12.7 Å². The van der Waals surface area contributed by atoms with Crippen LogP contribution in [0.1, 0.15) is 28.4 Å². The molecule has 4 rings (SSSR count). The van der Waals surface area contributed by atoms with Crippen LogP contribution in [0.25, 0.3) is 16.4 Å². The molecule has 0 N–H and O–H groups in total. The summed E-state index contributed by atoms with van der Waals surface area (Å²) >= 11 is 1.48. The molecule has 6 nitrogen and oxygen atoms in total. The summed E-state index contributed by atoms with van der Waals surface area (Å²) in [5, 5.41) is 6.23. The molecule has 0 aliphatic rings. The molecule has 0 amide bonds. The molecule has 0 atom stereocenters. The van der Waals surface area contributed by atoms with Crippen molar-refractivity contribution in [2.75, 3.05) is 6.61 Å². The van der Waals surface area contributed by atoms with Crippen molar-refractivity contribution < 1.29 is 13.9 Å². The van der Waals surface area contributed by atoms with E-state index in [0.29, 0.717) is 24.4 Å². The molecule has 152 valence electrons. The number of rotatable bonds is 7. The lowest BCUT2D eigenvalue weighted by atomic mass is 10.2. The molecule has 0 aliphatic heterocycles. The molecule has 1 aromatic carbocycles. The smallest absolute Gasteiger partial charge is 0.378 e. The lowest BCUT2D eigenvalue weighted by Crippen LogP contribution is -2.10. The average Bonchev–Trinajstić information content (AvgIpc) is 3.41. The molecular formula is C22H19FN4O2S. The van der Waals surface area contributed by atoms with E-state index in [9.17, 15) is 9.18 Å². The Morgan fingerprint density at radius 2 is 1.93 bits per heavy atom. The normalized spacial score (nSPS) is 10.9. The number of nitrogens with zero attached hydrogens (tertiary/aromatic N) is 4. The predicted molar refractivity (Wildman–Crippen MR) is 112 cm³/mol. The van der Waals surface area contributed by atoms with Crippen molar-refractivity contribution in [1.82, 2.24) is 19.7 Å². The lowest BCUT2D eigenvalue weighted by Gasteiger charge is -2.04. The Morgan fingerprint density at radius 3 is 2.67 bits per heavy atom. The second-order valence-electron chi connectivity index (χ2n) is 6.63. The first kappa shape index (κ1) is 19.9. The van der Waals surface area contributed by atoms with Crippen molar-refractivity contribution in [2.24, 2.45) is 0 Å². The summed E-state index contributed by atoms with van der Waals surface area (Å²) in [7, 11) is 0. The van der Waals surface area contributed by atoms with Gasteiger partial charge in [0.1, 0.15) is 5.82 Å². The number of carbonyl (C=O) groups excluding carboxylic acids is 1. The maximum Gasteiger partial charge on any atom is 0.378 e. The Balaban J connectivity index is 1.47. The fourth-order valence-electron chi connectivity index (χ4n) is 2.95. The van der Waals surface area contributed by atoms with Gasteiger partial charge in [0.15, 0.2) is 5.82 Å². The van der Waals surface area contributed by atoms with E-state index in [0.717, 1.165) is 16.3 Å². The third kappa shape index (κ3) is 4.60. The topological polar surface area (TPSA) is 69.9 Å². The van der Waals surface area contributed by atoms with Gasteiger partial charge < -0.3 is 4.74 Å². The Bertz CT molecular complexity index is 1140. The highest BCUT2D eigenvalue weighted by atomic mass is 32.1. The lowest BCUT2D eigenvalue weighted by molar-refractivity contribution is 0.0486. The molecule has 0 saturated heterocycles. The van der Waals surface area contributed by atoms with Gasteiger partial charge in [-0.05, 0) is 67.6 Å². The summed E-state index contributed by atoms with van der Waals surface area (Å²) in [6, 6.07) is 15.5. The molecule has 4 aromatic rings. The van der Waals surface area contributed by atoms with Crippen molar-refractivity contribution >= 4 is 17.3 Å². The van der Waals surface area contributed by atoms with Crippen molar-refractivity contribution in [3.05, 3.63) is 83.0 Å². The van der Waals surface area contributed by atoms with Crippen LogP contribution in [-0.2, 0) is 11.2 Å². The molecule has 0 bridgehead atoms. The van der Waals surface area contributed by atoms with Crippen molar-refractivity contribution in [3.63, 3.8) is 0 Å². The molecular weight excluding hydrogens is 403 g/mol. The van der Waals surface area contributed by atoms with E-state index in [2.05, 4.69) is 15.1 Å². The fourth-order valence-corrected chi connectivity index (χ4v) is 3.65. The fraction of sp³-hybridized carbons (Fsp3) is 0.182. The van der Waals surface area contributed by atoms with Crippen LogP contribution < -0.4 is 0 Å². The zero-order valence-electron chi connectivity index (χ0n) is 16.3. The predicted octanol–water partition coefficient (Wildman–Crippen LogP) is 4.63. The highest BCUT2D eigenvalue weighted by Gasteiger charge is 2.20. The summed E-state index contributed by atoms with van der Waals surface area (Å²) in [5.41, 5.74) is 2.53. The van der Waals surface area contributed by atoms with Gasteiger partial charge in [-0.1, -0.05) is 12.1 Å². The number of benzene rings is 1. The summed E-state index contributed by atoms with van der Waals surface area (Å²) in [6.45, 7) is 2.19. The second kappa shape index (κ2) is 8.96. The average molecular weight is 422 g/mol. The van der Waals surface area contributed by atoms with Gasteiger partial charge in [0.05, 0.1) is 17.2 Å². The van der Waals surface area contributed by atoms with Crippen LogP contribution in [-0.4, -0.2) is 32.3 Å². The SMILES string of the molecule is Cc1cccc(CCCOC(=O)c2nc(-c3cccs3)n(-c3ccc(F)cc3)n2)n1. The molecule has 0 spiro atoms. The Labute approximate surface area is 177 Å². The van der Waals surface area contributed by atoms with E-state index in [-0.39, 0.29) is 18.2 Å². The Kier molecular flexibility index (Phi) is 5.94. The third-order valence-corrected chi connectivity index (χ3v) is 5.22.